The van der Waals surface area contributed by atoms with Crippen molar-refractivity contribution >= 4 is 23.0 Å². The molecule has 1 fully saturated rings. The number of likely N-dealkylation sites (tertiary alicyclic amines) is 1. The van der Waals surface area contributed by atoms with Crippen LogP contribution >= 0.6 is 0 Å². The van der Waals surface area contributed by atoms with Gasteiger partial charge in [-0.15, -0.1) is 0 Å². The molecule has 1 aromatic carbocycles. The van der Waals surface area contributed by atoms with E-state index in [-0.39, 0.29) is 17.6 Å². The van der Waals surface area contributed by atoms with Gasteiger partial charge in [-0.3, -0.25) is 14.0 Å². The minimum absolute atomic E-state index is 0.111. The van der Waals surface area contributed by atoms with Gasteiger partial charge in [-0.1, -0.05) is 24.3 Å². The van der Waals surface area contributed by atoms with E-state index in [1.54, 1.807) is 15.5 Å². The number of imidazole rings is 1. The second-order valence-corrected chi connectivity index (χ2v) is 6.06. The molecule has 2 amide bonds. The Morgan fingerprint density at radius 1 is 0.960 bits per heavy atom. The van der Waals surface area contributed by atoms with Crippen LogP contribution in [-0.4, -0.2) is 39.2 Å². The van der Waals surface area contributed by atoms with E-state index in [0.29, 0.717) is 16.9 Å². The average Bonchev–Trinajstić information content (AvgIpc) is 3.30. The zero-order chi connectivity index (χ0) is 17.2. The average molecular weight is 334 g/mol. The van der Waals surface area contributed by atoms with Crippen molar-refractivity contribution in [3.05, 3.63) is 66.2 Å². The summed E-state index contributed by atoms with van der Waals surface area (Å²) < 4.78 is 1.67. The number of hydrogen-bond acceptors (Lipinski definition) is 3. The molecule has 126 valence electrons. The first-order valence-electron chi connectivity index (χ1n) is 8.37. The number of fused-ring (bicyclic) bond motifs is 1. The molecule has 3 heterocycles. The van der Waals surface area contributed by atoms with Crippen LogP contribution < -0.4 is 5.32 Å². The Labute approximate surface area is 145 Å². The lowest BCUT2D eigenvalue weighted by atomic mass is 10.3. The molecule has 0 unspecified atom stereocenters. The third-order valence-electron chi connectivity index (χ3n) is 4.38. The number of nitrogens with zero attached hydrogens (tertiary/aromatic N) is 3. The predicted octanol–water partition coefficient (Wildman–Crippen LogP) is 2.82. The van der Waals surface area contributed by atoms with Gasteiger partial charge in [-0.25, -0.2) is 4.98 Å². The smallest absolute Gasteiger partial charge is 0.292 e. The second-order valence-electron chi connectivity index (χ2n) is 6.06. The van der Waals surface area contributed by atoms with Crippen molar-refractivity contribution in [2.45, 2.75) is 12.8 Å². The third kappa shape index (κ3) is 2.87. The molecule has 0 aliphatic carbocycles. The Morgan fingerprint density at radius 3 is 2.44 bits per heavy atom. The summed E-state index contributed by atoms with van der Waals surface area (Å²) in [5.41, 5.74) is 1.67. The van der Waals surface area contributed by atoms with E-state index in [1.807, 2.05) is 48.5 Å². The van der Waals surface area contributed by atoms with Crippen LogP contribution in [-0.2, 0) is 0 Å². The number of anilines is 1. The zero-order valence-corrected chi connectivity index (χ0v) is 13.7. The van der Waals surface area contributed by atoms with Crippen molar-refractivity contribution in [3.8, 4) is 0 Å². The number of aromatic nitrogens is 2. The summed E-state index contributed by atoms with van der Waals surface area (Å²) in [6, 6.07) is 14.7. The first kappa shape index (κ1) is 15.4. The minimum Gasteiger partial charge on any atom is -0.337 e. The molecule has 0 radical (unpaired) electrons. The maximum atomic E-state index is 12.8. The third-order valence-corrected chi connectivity index (χ3v) is 4.38. The first-order valence-corrected chi connectivity index (χ1v) is 8.37. The molecule has 2 aromatic heterocycles. The molecule has 25 heavy (non-hydrogen) atoms. The lowest BCUT2D eigenvalue weighted by Crippen LogP contribution is -2.28. The molecule has 6 heteroatoms. The van der Waals surface area contributed by atoms with E-state index < -0.39 is 0 Å². The molecular weight excluding hydrogens is 316 g/mol. The first-order chi connectivity index (χ1) is 12.2. The van der Waals surface area contributed by atoms with Gasteiger partial charge in [0.1, 0.15) is 0 Å². The summed E-state index contributed by atoms with van der Waals surface area (Å²) >= 11 is 0. The van der Waals surface area contributed by atoms with Gasteiger partial charge in [0.25, 0.3) is 11.8 Å². The molecule has 0 bridgehead atoms. The Morgan fingerprint density at radius 2 is 1.68 bits per heavy atom. The maximum absolute atomic E-state index is 12.8. The lowest BCUT2D eigenvalue weighted by molar-refractivity contribution is 0.0789. The van der Waals surface area contributed by atoms with Crippen LogP contribution in [0.25, 0.3) is 5.52 Å². The molecular formula is C19H18N4O2. The predicted molar refractivity (Wildman–Crippen MR) is 94.7 cm³/mol. The van der Waals surface area contributed by atoms with Crippen molar-refractivity contribution in [1.82, 2.24) is 14.3 Å². The summed E-state index contributed by atoms with van der Waals surface area (Å²) in [5.74, 6) is -0.241. The lowest BCUT2D eigenvalue weighted by Gasteiger charge is -2.13. The number of para-hydroxylation sites is 1. The molecule has 0 saturated carbocycles. The number of carbonyl (C=O) groups excluding carboxylic acids is 2. The molecule has 1 aliphatic heterocycles. The van der Waals surface area contributed by atoms with Gasteiger partial charge < -0.3 is 10.2 Å². The summed E-state index contributed by atoms with van der Waals surface area (Å²) in [6.45, 7) is 1.49. The van der Waals surface area contributed by atoms with Crippen LogP contribution in [0.5, 0.6) is 0 Å². The largest absolute Gasteiger partial charge is 0.337 e. The molecule has 1 aliphatic rings. The van der Waals surface area contributed by atoms with Crippen LogP contribution in [0.4, 0.5) is 5.69 Å². The Bertz CT molecular complexity index is 927. The highest BCUT2D eigenvalue weighted by Crippen LogP contribution is 2.19. The summed E-state index contributed by atoms with van der Waals surface area (Å²) in [4.78, 5) is 31.6. The quantitative estimate of drug-likeness (QED) is 0.801. The van der Waals surface area contributed by atoms with E-state index in [1.165, 1.54) is 0 Å². The summed E-state index contributed by atoms with van der Waals surface area (Å²) in [7, 11) is 0. The van der Waals surface area contributed by atoms with E-state index in [0.717, 1.165) is 25.9 Å². The van der Waals surface area contributed by atoms with Gasteiger partial charge in [0.05, 0.1) is 5.52 Å². The fraction of sp³-hybridized carbons (Fsp3) is 0.211. The number of rotatable bonds is 3. The Hall–Kier alpha value is -3.15. The molecule has 1 N–H and O–H groups in total. The number of nitrogens with one attached hydrogen (secondary N) is 1. The van der Waals surface area contributed by atoms with Crippen LogP contribution in [0.3, 0.4) is 0 Å². The molecule has 0 atom stereocenters. The van der Waals surface area contributed by atoms with Gasteiger partial charge >= 0.3 is 0 Å². The fourth-order valence-electron chi connectivity index (χ4n) is 3.13. The van der Waals surface area contributed by atoms with Gasteiger partial charge in [0.2, 0.25) is 5.82 Å². The number of hydrogen-bond donors (Lipinski definition) is 1. The van der Waals surface area contributed by atoms with Crippen LogP contribution in [0, 0.1) is 0 Å². The minimum atomic E-state index is -0.340. The Kier molecular flexibility index (Phi) is 3.93. The molecule has 4 rings (SSSR count). The summed E-state index contributed by atoms with van der Waals surface area (Å²) in [5, 5.41) is 2.82. The Balaban J connectivity index is 1.72. The van der Waals surface area contributed by atoms with Crippen molar-refractivity contribution in [2.24, 2.45) is 0 Å². The SMILES string of the molecule is O=C(Nc1ccccc1)c1nc(C(=O)N2CCCC2)c2ccccn12. The fourth-order valence-corrected chi connectivity index (χ4v) is 3.13. The normalized spacial score (nSPS) is 14.0. The highest BCUT2D eigenvalue weighted by Gasteiger charge is 2.26. The number of carbonyl (C=O) groups is 2. The second kappa shape index (κ2) is 6.39. The van der Waals surface area contributed by atoms with E-state index >= 15 is 0 Å². The maximum Gasteiger partial charge on any atom is 0.292 e. The molecule has 3 aromatic rings. The highest BCUT2D eigenvalue weighted by molar-refractivity contribution is 6.06. The van der Waals surface area contributed by atoms with Gasteiger partial charge in [-0.05, 0) is 37.1 Å². The summed E-state index contributed by atoms with van der Waals surface area (Å²) in [6.07, 6.45) is 3.78. The molecule has 1 saturated heterocycles. The van der Waals surface area contributed by atoms with Gasteiger partial charge in [0, 0.05) is 25.0 Å². The van der Waals surface area contributed by atoms with Crippen molar-refractivity contribution in [2.75, 3.05) is 18.4 Å². The highest BCUT2D eigenvalue weighted by atomic mass is 16.2. The van der Waals surface area contributed by atoms with E-state index in [4.69, 9.17) is 0 Å². The topological polar surface area (TPSA) is 66.7 Å². The van der Waals surface area contributed by atoms with E-state index in [2.05, 4.69) is 10.3 Å². The van der Waals surface area contributed by atoms with Crippen molar-refractivity contribution < 1.29 is 9.59 Å². The molecule has 6 nitrogen and oxygen atoms in total. The number of benzene rings is 1. The standard InChI is InChI=1S/C19H18N4O2/c24-18(20-14-8-2-1-3-9-14)17-21-16(15-10-4-5-13-23(15)17)19(25)22-11-6-7-12-22/h1-5,8-10,13H,6-7,11-12H2,(H,20,24). The number of amides is 2. The monoisotopic (exact) mass is 334 g/mol. The van der Waals surface area contributed by atoms with Gasteiger partial charge in [-0.2, -0.15) is 0 Å². The van der Waals surface area contributed by atoms with Crippen molar-refractivity contribution in [1.29, 1.82) is 0 Å². The van der Waals surface area contributed by atoms with Crippen LogP contribution in [0.1, 0.15) is 33.9 Å². The molecule has 0 spiro atoms. The van der Waals surface area contributed by atoms with Crippen molar-refractivity contribution in [3.63, 3.8) is 0 Å². The van der Waals surface area contributed by atoms with Crippen LogP contribution in [0.2, 0.25) is 0 Å². The van der Waals surface area contributed by atoms with E-state index in [9.17, 15) is 9.59 Å². The van der Waals surface area contributed by atoms with Crippen LogP contribution in [0.15, 0.2) is 54.7 Å². The van der Waals surface area contributed by atoms with Gasteiger partial charge in [0.15, 0.2) is 5.69 Å². The zero-order valence-electron chi connectivity index (χ0n) is 13.7. The number of pyridine rings is 1.